The number of nitrogens with one attached hydrogen (secondary N) is 3. The minimum absolute atomic E-state index is 0.0560. The van der Waals surface area contributed by atoms with Crippen molar-refractivity contribution in [2.75, 3.05) is 45.9 Å². The summed E-state index contributed by atoms with van der Waals surface area (Å²) in [5.41, 5.74) is 0. The van der Waals surface area contributed by atoms with Crippen LogP contribution in [-0.2, 0) is 9.53 Å². The monoisotopic (exact) mass is 231 g/mol. The van der Waals surface area contributed by atoms with E-state index in [1.807, 2.05) is 0 Å². The molecule has 0 aromatic carbocycles. The van der Waals surface area contributed by atoms with Gasteiger partial charge in [0.05, 0.1) is 19.1 Å². The number of aliphatic carboxylic acids is 1. The van der Waals surface area contributed by atoms with Crippen molar-refractivity contribution in [3.63, 3.8) is 0 Å². The Balaban J connectivity index is 2.27. The molecule has 1 heterocycles. The lowest BCUT2D eigenvalue weighted by molar-refractivity contribution is -0.140. The van der Waals surface area contributed by atoms with Crippen LogP contribution in [-0.4, -0.2) is 63.1 Å². The van der Waals surface area contributed by atoms with Gasteiger partial charge in [0.1, 0.15) is 0 Å². The van der Waals surface area contributed by atoms with Gasteiger partial charge in [-0.25, -0.2) is 0 Å². The molecule has 0 spiro atoms. The summed E-state index contributed by atoms with van der Waals surface area (Å²) >= 11 is 0. The molecule has 1 rings (SSSR count). The number of ether oxygens (including phenoxy) is 1. The van der Waals surface area contributed by atoms with Crippen LogP contribution in [0.15, 0.2) is 0 Å². The molecular weight excluding hydrogens is 210 g/mol. The molecule has 94 valence electrons. The fraction of sp³-hybridized carbons (Fsp3) is 0.900. The molecule has 0 aliphatic carbocycles. The summed E-state index contributed by atoms with van der Waals surface area (Å²) in [4.78, 5) is 10.6. The SMILES string of the molecule is O=C(O)CC1CNCCNCCNCCO1. The average molecular weight is 231 g/mol. The van der Waals surface area contributed by atoms with Gasteiger partial charge in [0.15, 0.2) is 0 Å². The molecule has 0 radical (unpaired) electrons. The predicted octanol–water partition coefficient (Wildman–Crippen LogP) is -1.37. The van der Waals surface area contributed by atoms with Crippen molar-refractivity contribution in [2.24, 2.45) is 0 Å². The number of carbonyl (C=O) groups is 1. The number of carboxylic acid groups (broad SMARTS) is 1. The lowest BCUT2D eigenvalue weighted by Crippen LogP contribution is -2.39. The molecule has 6 heteroatoms. The van der Waals surface area contributed by atoms with Crippen molar-refractivity contribution in [2.45, 2.75) is 12.5 Å². The first-order chi connectivity index (χ1) is 7.79. The maximum atomic E-state index is 10.6. The van der Waals surface area contributed by atoms with Crippen LogP contribution in [0.25, 0.3) is 0 Å². The predicted molar refractivity (Wildman–Crippen MR) is 60.6 cm³/mol. The van der Waals surface area contributed by atoms with Gasteiger partial charge in [-0.15, -0.1) is 0 Å². The molecule has 1 aliphatic heterocycles. The Hall–Kier alpha value is -0.690. The number of hydrogen-bond donors (Lipinski definition) is 4. The summed E-state index contributed by atoms with van der Waals surface area (Å²) in [5.74, 6) is -0.815. The van der Waals surface area contributed by atoms with Crippen molar-refractivity contribution in [3.05, 3.63) is 0 Å². The number of rotatable bonds is 2. The molecule has 4 N–H and O–H groups in total. The zero-order valence-corrected chi connectivity index (χ0v) is 9.50. The van der Waals surface area contributed by atoms with E-state index in [4.69, 9.17) is 9.84 Å². The first-order valence-electron chi connectivity index (χ1n) is 5.74. The van der Waals surface area contributed by atoms with E-state index in [-0.39, 0.29) is 12.5 Å². The van der Waals surface area contributed by atoms with E-state index in [0.29, 0.717) is 13.2 Å². The molecule has 1 unspecified atom stereocenters. The Labute approximate surface area is 95.7 Å². The Morgan fingerprint density at radius 3 is 2.44 bits per heavy atom. The maximum absolute atomic E-state index is 10.6. The Morgan fingerprint density at radius 1 is 1.12 bits per heavy atom. The molecule has 1 aliphatic rings. The minimum Gasteiger partial charge on any atom is -0.481 e. The largest absolute Gasteiger partial charge is 0.481 e. The second-order valence-electron chi connectivity index (χ2n) is 3.79. The van der Waals surface area contributed by atoms with Crippen LogP contribution in [0.5, 0.6) is 0 Å². The van der Waals surface area contributed by atoms with Crippen LogP contribution in [0.4, 0.5) is 0 Å². The Kier molecular flexibility index (Phi) is 7.07. The van der Waals surface area contributed by atoms with Crippen LogP contribution in [0.1, 0.15) is 6.42 Å². The third-order valence-corrected chi connectivity index (χ3v) is 2.36. The van der Waals surface area contributed by atoms with Crippen molar-refractivity contribution >= 4 is 5.97 Å². The molecule has 0 bridgehead atoms. The van der Waals surface area contributed by atoms with E-state index in [9.17, 15) is 4.79 Å². The van der Waals surface area contributed by atoms with Crippen molar-refractivity contribution in [1.82, 2.24) is 16.0 Å². The van der Waals surface area contributed by atoms with Crippen molar-refractivity contribution in [3.8, 4) is 0 Å². The maximum Gasteiger partial charge on any atom is 0.306 e. The second kappa shape index (κ2) is 8.46. The fourth-order valence-electron chi connectivity index (χ4n) is 1.55. The number of hydrogen-bond acceptors (Lipinski definition) is 5. The Morgan fingerprint density at radius 2 is 1.75 bits per heavy atom. The molecule has 1 fully saturated rings. The summed E-state index contributed by atoms with van der Waals surface area (Å²) in [7, 11) is 0. The highest BCUT2D eigenvalue weighted by Crippen LogP contribution is 1.97. The summed E-state index contributed by atoms with van der Waals surface area (Å²) in [6, 6.07) is 0. The average Bonchev–Trinajstić information content (AvgIpc) is 2.21. The lowest BCUT2D eigenvalue weighted by atomic mass is 10.2. The van der Waals surface area contributed by atoms with Gasteiger partial charge in [0.2, 0.25) is 0 Å². The van der Waals surface area contributed by atoms with Crippen LogP contribution >= 0.6 is 0 Å². The van der Waals surface area contributed by atoms with E-state index in [1.54, 1.807) is 0 Å². The first kappa shape index (κ1) is 13.4. The Bertz CT molecular complexity index is 190. The van der Waals surface area contributed by atoms with Crippen LogP contribution in [0.2, 0.25) is 0 Å². The van der Waals surface area contributed by atoms with Gasteiger partial charge in [0.25, 0.3) is 0 Å². The quantitative estimate of drug-likeness (QED) is 0.469. The highest BCUT2D eigenvalue weighted by molar-refractivity contribution is 5.67. The highest BCUT2D eigenvalue weighted by atomic mass is 16.5. The zero-order chi connectivity index (χ0) is 11.6. The van der Waals surface area contributed by atoms with Crippen molar-refractivity contribution < 1.29 is 14.6 Å². The third kappa shape index (κ3) is 6.73. The fourth-order valence-corrected chi connectivity index (χ4v) is 1.55. The first-order valence-corrected chi connectivity index (χ1v) is 5.74. The smallest absolute Gasteiger partial charge is 0.306 e. The summed E-state index contributed by atoms with van der Waals surface area (Å²) < 4.78 is 5.50. The van der Waals surface area contributed by atoms with Crippen LogP contribution in [0, 0.1) is 0 Å². The molecule has 16 heavy (non-hydrogen) atoms. The standard InChI is InChI=1S/C10H21N3O3/c14-10(15)7-9-8-13-4-3-11-1-2-12-5-6-16-9/h9,11-13H,1-8H2,(H,14,15). The summed E-state index contributed by atoms with van der Waals surface area (Å²) in [6.45, 7) is 5.49. The van der Waals surface area contributed by atoms with Crippen LogP contribution < -0.4 is 16.0 Å². The molecular formula is C10H21N3O3. The van der Waals surface area contributed by atoms with Gasteiger partial charge in [0, 0.05) is 39.3 Å². The molecule has 0 aromatic rings. The van der Waals surface area contributed by atoms with Gasteiger partial charge >= 0.3 is 5.97 Å². The second-order valence-corrected chi connectivity index (χ2v) is 3.79. The van der Waals surface area contributed by atoms with Gasteiger partial charge in [-0.05, 0) is 0 Å². The van der Waals surface area contributed by atoms with Gasteiger partial charge in [-0.1, -0.05) is 0 Å². The molecule has 0 aromatic heterocycles. The van der Waals surface area contributed by atoms with Crippen LogP contribution in [0.3, 0.4) is 0 Å². The van der Waals surface area contributed by atoms with E-state index in [0.717, 1.165) is 32.7 Å². The molecule has 1 saturated heterocycles. The van der Waals surface area contributed by atoms with E-state index in [2.05, 4.69) is 16.0 Å². The van der Waals surface area contributed by atoms with Gasteiger partial charge in [-0.3, -0.25) is 4.79 Å². The van der Waals surface area contributed by atoms with Gasteiger partial charge < -0.3 is 25.8 Å². The molecule has 0 amide bonds. The summed E-state index contributed by atoms with van der Waals surface area (Å²) in [5, 5.41) is 18.4. The van der Waals surface area contributed by atoms with Gasteiger partial charge in [-0.2, -0.15) is 0 Å². The highest BCUT2D eigenvalue weighted by Gasteiger charge is 2.13. The molecule has 0 saturated carbocycles. The lowest BCUT2D eigenvalue weighted by Gasteiger charge is -2.18. The topological polar surface area (TPSA) is 82.6 Å². The number of carboxylic acids is 1. The molecule has 6 nitrogen and oxygen atoms in total. The minimum atomic E-state index is -0.815. The molecule has 1 atom stereocenters. The van der Waals surface area contributed by atoms with Crippen molar-refractivity contribution in [1.29, 1.82) is 0 Å². The van der Waals surface area contributed by atoms with E-state index in [1.165, 1.54) is 0 Å². The summed E-state index contributed by atoms with van der Waals surface area (Å²) in [6.07, 6.45) is -0.181. The zero-order valence-electron chi connectivity index (χ0n) is 9.50. The van der Waals surface area contributed by atoms with E-state index >= 15 is 0 Å². The third-order valence-electron chi connectivity index (χ3n) is 2.36. The van der Waals surface area contributed by atoms with E-state index < -0.39 is 5.97 Å². The normalized spacial score (nSPS) is 25.4.